The standard InChI is InChI=1S/C19H27N3O3/c1-14(13-15-5-3-2-4-6-15)20-18(23)21-16-7-9-17(10-8-16)22-11-12-25-19(22)24/h7-10,14-15H,2-6,11-13H2,1H3,(H2,20,21,23)/t14-/m1/s1. The third-order valence-corrected chi connectivity index (χ3v) is 4.99. The lowest BCUT2D eigenvalue weighted by Gasteiger charge is -2.25. The number of ether oxygens (including phenoxy) is 1. The van der Waals surface area contributed by atoms with Crippen LogP contribution >= 0.6 is 0 Å². The van der Waals surface area contributed by atoms with Gasteiger partial charge in [-0.05, 0) is 43.5 Å². The van der Waals surface area contributed by atoms with E-state index in [1.54, 1.807) is 17.0 Å². The molecule has 2 aliphatic rings. The number of benzene rings is 1. The predicted molar refractivity (Wildman–Crippen MR) is 97.9 cm³/mol. The number of hydrogen-bond donors (Lipinski definition) is 2. The molecule has 2 N–H and O–H groups in total. The zero-order valence-corrected chi connectivity index (χ0v) is 14.8. The molecule has 2 fully saturated rings. The highest BCUT2D eigenvalue weighted by atomic mass is 16.6. The van der Waals surface area contributed by atoms with Gasteiger partial charge in [0.1, 0.15) is 6.61 Å². The Morgan fingerprint density at radius 3 is 2.60 bits per heavy atom. The SMILES string of the molecule is C[C@H](CC1CCCCC1)NC(=O)Nc1ccc(N2CCOC2=O)cc1. The van der Waals surface area contributed by atoms with Crippen LogP contribution < -0.4 is 15.5 Å². The van der Waals surface area contributed by atoms with Crippen molar-refractivity contribution in [3.05, 3.63) is 24.3 Å². The van der Waals surface area contributed by atoms with Gasteiger partial charge in [0.25, 0.3) is 0 Å². The van der Waals surface area contributed by atoms with E-state index in [1.807, 2.05) is 12.1 Å². The summed E-state index contributed by atoms with van der Waals surface area (Å²) in [5.74, 6) is 0.739. The summed E-state index contributed by atoms with van der Waals surface area (Å²) in [7, 11) is 0. The van der Waals surface area contributed by atoms with E-state index >= 15 is 0 Å². The van der Waals surface area contributed by atoms with Gasteiger partial charge >= 0.3 is 12.1 Å². The monoisotopic (exact) mass is 345 g/mol. The quantitative estimate of drug-likeness (QED) is 0.843. The first-order valence-corrected chi connectivity index (χ1v) is 9.23. The van der Waals surface area contributed by atoms with E-state index in [4.69, 9.17) is 4.74 Å². The van der Waals surface area contributed by atoms with Crippen molar-refractivity contribution in [3.63, 3.8) is 0 Å². The largest absolute Gasteiger partial charge is 0.447 e. The second kappa shape index (κ2) is 8.23. The molecule has 1 aliphatic carbocycles. The van der Waals surface area contributed by atoms with Crippen molar-refractivity contribution in [2.75, 3.05) is 23.4 Å². The first kappa shape index (κ1) is 17.6. The molecule has 25 heavy (non-hydrogen) atoms. The van der Waals surface area contributed by atoms with Crippen LogP contribution in [0.4, 0.5) is 21.0 Å². The number of rotatable bonds is 5. The van der Waals surface area contributed by atoms with E-state index in [0.717, 1.165) is 18.0 Å². The summed E-state index contributed by atoms with van der Waals surface area (Å²) in [6.07, 6.45) is 7.28. The zero-order chi connectivity index (χ0) is 17.6. The molecule has 3 amide bonds. The fourth-order valence-electron chi connectivity index (χ4n) is 3.73. The van der Waals surface area contributed by atoms with Crippen molar-refractivity contribution in [1.29, 1.82) is 0 Å². The van der Waals surface area contributed by atoms with Crippen molar-refractivity contribution in [2.45, 2.75) is 51.5 Å². The molecule has 1 aromatic carbocycles. The van der Waals surface area contributed by atoms with Gasteiger partial charge in [-0.15, -0.1) is 0 Å². The minimum atomic E-state index is -0.324. The average molecular weight is 345 g/mol. The van der Waals surface area contributed by atoms with E-state index in [0.29, 0.717) is 18.8 Å². The summed E-state index contributed by atoms with van der Waals surface area (Å²) in [6, 6.07) is 7.21. The van der Waals surface area contributed by atoms with E-state index in [2.05, 4.69) is 17.6 Å². The first-order valence-electron chi connectivity index (χ1n) is 9.23. The summed E-state index contributed by atoms with van der Waals surface area (Å²) in [6.45, 7) is 3.04. The summed E-state index contributed by atoms with van der Waals surface area (Å²) in [4.78, 5) is 25.3. The van der Waals surface area contributed by atoms with Gasteiger partial charge in [0.2, 0.25) is 0 Å². The number of carbonyl (C=O) groups excluding carboxylic acids is 2. The van der Waals surface area contributed by atoms with Crippen molar-refractivity contribution in [2.24, 2.45) is 5.92 Å². The Labute approximate surface area is 148 Å². The predicted octanol–water partition coefficient (Wildman–Crippen LogP) is 4.12. The molecule has 6 nitrogen and oxygen atoms in total. The maximum absolute atomic E-state index is 12.2. The second-order valence-corrected chi connectivity index (χ2v) is 7.05. The first-order chi connectivity index (χ1) is 12.1. The third kappa shape index (κ3) is 4.87. The van der Waals surface area contributed by atoms with E-state index in [1.165, 1.54) is 32.1 Å². The number of anilines is 2. The van der Waals surface area contributed by atoms with Crippen LogP contribution in [0, 0.1) is 5.92 Å². The molecule has 1 heterocycles. The topological polar surface area (TPSA) is 70.7 Å². The molecule has 1 saturated carbocycles. The fourth-order valence-corrected chi connectivity index (χ4v) is 3.73. The van der Waals surface area contributed by atoms with Crippen LogP contribution in [0.25, 0.3) is 0 Å². The normalized spacial score (nSPS) is 19.4. The Morgan fingerprint density at radius 1 is 1.24 bits per heavy atom. The van der Waals surface area contributed by atoms with Gasteiger partial charge in [0, 0.05) is 17.4 Å². The molecule has 6 heteroatoms. The van der Waals surface area contributed by atoms with Gasteiger partial charge in [0.15, 0.2) is 0 Å². The molecule has 0 unspecified atom stereocenters. The summed E-state index contributed by atoms with van der Waals surface area (Å²) >= 11 is 0. The van der Waals surface area contributed by atoms with Crippen LogP contribution in [0.15, 0.2) is 24.3 Å². The number of cyclic esters (lactones) is 1. The van der Waals surface area contributed by atoms with Crippen molar-refractivity contribution in [3.8, 4) is 0 Å². The number of urea groups is 1. The highest BCUT2D eigenvalue weighted by Crippen LogP contribution is 2.27. The van der Waals surface area contributed by atoms with Crippen LogP contribution in [0.5, 0.6) is 0 Å². The minimum absolute atomic E-state index is 0.168. The number of nitrogens with one attached hydrogen (secondary N) is 2. The third-order valence-electron chi connectivity index (χ3n) is 4.99. The molecular weight excluding hydrogens is 318 g/mol. The van der Waals surface area contributed by atoms with Crippen LogP contribution in [0.2, 0.25) is 0 Å². The lowest BCUT2D eigenvalue weighted by atomic mass is 9.85. The lowest BCUT2D eigenvalue weighted by molar-refractivity contribution is 0.181. The Morgan fingerprint density at radius 2 is 1.96 bits per heavy atom. The van der Waals surface area contributed by atoms with E-state index < -0.39 is 0 Å². The summed E-state index contributed by atoms with van der Waals surface area (Å²) in [5.41, 5.74) is 1.48. The van der Waals surface area contributed by atoms with E-state index in [-0.39, 0.29) is 18.2 Å². The number of amides is 3. The van der Waals surface area contributed by atoms with E-state index in [9.17, 15) is 9.59 Å². The van der Waals surface area contributed by atoms with Gasteiger partial charge in [-0.25, -0.2) is 9.59 Å². The maximum atomic E-state index is 12.2. The van der Waals surface area contributed by atoms with Crippen molar-refractivity contribution in [1.82, 2.24) is 5.32 Å². The van der Waals surface area contributed by atoms with Crippen LogP contribution in [-0.4, -0.2) is 31.3 Å². The molecule has 1 aromatic rings. The average Bonchev–Trinajstić information content (AvgIpc) is 3.02. The fraction of sp³-hybridized carbons (Fsp3) is 0.579. The summed E-state index contributed by atoms with van der Waals surface area (Å²) in [5, 5.41) is 5.87. The smallest absolute Gasteiger partial charge is 0.414 e. The molecule has 0 bridgehead atoms. The van der Waals surface area contributed by atoms with Crippen LogP contribution in [0.3, 0.4) is 0 Å². The van der Waals surface area contributed by atoms with Crippen molar-refractivity contribution < 1.29 is 14.3 Å². The second-order valence-electron chi connectivity index (χ2n) is 7.05. The van der Waals surface area contributed by atoms with Crippen LogP contribution in [0.1, 0.15) is 45.4 Å². The van der Waals surface area contributed by atoms with Gasteiger partial charge in [0.05, 0.1) is 6.54 Å². The zero-order valence-electron chi connectivity index (χ0n) is 14.8. The number of nitrogens with zero attached hydrogens (tertiary/aromatic N) is 1. The highest BCUT2D eigenvalue weighted by molar-refractivity contribution is 5.91. The highest BCUT2D eigenvalue weighted by Gasteiger charge is 2.23. The molecular formula is C19H27N3O3. The number of carbonyl (C=O) groups is 2. The van der Waals surface area contributed by atoms with Gasteiger partial charge < -0.3 is 15.4 Å². The Balaban J connectivity index is 1.46. The Hall–Kier alpha value is -2.24. The van der Waals surface area contributed by atoms with Gasteiger partial charge in [-0.1, -0.05) is 32.1 Å². The molecule has 1 saturated heterocycles. The molecule has 136 valence electrons. The molecule has 0 radical (unpaired) electrons. The lowest BCUT2D eigenvalue weighted by Crippen LogP contribution is -2.37. The molecule has 1 aliphatic heterocycles. The summed E-state index contributed by atoms with van der Waals surface area (Å²) < 4.78 is 4.93. The molecule has 0 spiro atoms. The Kier molecular flexibility index (Phi) is 5.79. The minimum Gasteiger partial charge on any atom is -0.447 e. The molecule has 1 atom stereocenters. The van der Waals surface area contributed by atoms with Crippen LogP contribution in [-0.2, 0) is 4.74 Å². The maximum Gasteiger partial charge on any atom is 0.414 e. The Bertz CT molecular complexity index is 596. The van der Waals surface area contributed by atoms with Crippen molar-refractivity contribution >= 4 is 23.5 Å². The molecule has 0 aromatic heterocycles. The van der Waals surface area contributed by atoms with Gasteiger partial charge in [-0.2, -0.15) is 0 Å². The van der Waals surface area contributed by atoms with Gasteiger partial charge in [-0.3, -0.25) is 4.90 Å². The number of hydrogen-bond acceptors (Lipinski definition) is 3. The molecule has 3 rings (SSSR count).